The molecule has 0 radical (unpaired) electrons. The lowest BCUT2D eigenvalue weighted by atomic mass is 9.99. The van der Waals surface area contributed by atoms with Crippen LogP contribution in [0.15, 0.2) is 0 Å². The van der Waals surface area contributed by atoms with Crippen molar-refractivity contribution in [2.75, 3.05) is 26.2 Å². The van der Waals surface area contributed by atoms with Crippen LogP contribution in [0.3, 0.4) is 0 Å². The lowest BCUT2D eigenvalue weighted by Crippen LogP contribution is -2.40. The Morgan fingerprint density at radius 2 is 1.80 bits per heavy atom. The molecule has 1 aliphatic heterocycles. The van der Waals surface area contributed by atoms with Crippen LogP contribution in [-0.2, 0) is 0 Å². The van der Waals surface area contributed by atoms with Crippen molar-refractivity contribution in [3.63, 3.8) is 0 Å². The van der Waals surface area contributed by atoms with Gasteiger partial charge in [0, 0.05) is 19.1 Å². The maximum absolute atomic E-state index is 3.64. The summed E-state index contributed by atoms with van der Waals surface area (Å²) in [7, 11) is 0. The molecule has 0 spiro atoms. The van der Waals surface area contributed by atoms with Gasteiger partial charge in [0.15, 0.2) is 0 Å². The van der Waals surface area contributed by atoms with Crippen LogP contribution in [-0.4, -0.2) is 37.1 Å². The van der Waals surface area contributed by atoms with Crippen LogP contribution in [0.1, 0.15) is 46.5 Å². The lowest BCUT2D eigenvalue weighted by molar-refractivity contribution is 0.191. The van der Waals surface area contributed by atoms with Gasteiger partial charge < -0.3 is 10.2 Å². The first kappa shape index (κ1) is 13.0. The summed E-state index contributed by atoms with van der Waals surface area (Å²) in [6.45, 7) is 11.9. The van der Waals surface area contributed by atoms with Crippen LogP contribution in [0.5, 0.6) is 0 Å². The predicted octanol–water partition coefficient (Wildman–Crippen LogP) is 2.50. The summed E-state index contributed by atoms with van der Waals surface area (Å²) in [5.41, 5.74) is 0. The van der Waals surface area contributed by atoms with Gasteiger partial charge in [-0.2, -0.15) is 0 Å². The molecular weight excluding hydrogens is 184 g/mol. The van der Waals surface area contributed by atoms with Crippen molar-refractivity contribution >= 4 is 0 Å². The summed E-state index contributed by atoms with van der Waals surface area (Å²) >= 11 is 0. The number of likely N-dealkylation sites (tertiary alicyclic amines) is 1. The van der Waals surface area contributed by atoms with Crippen molar-refractivity contribution in [2.45, 2.75) is 52.5 Å². The first-order valence-electron chi connectivity index (χ1n) is 6.72. The minimum absolute atomic E-state index is 0.730. The van der Waals surface area contributed by atoms with Gasteiger partial charge >= 0.3 is 0 Å². The van der Waals surface area contributed by atoms with Crippen molar-refractivity contribution in [3.8, 4) is 0 Å². The Morgan fingerprint density at radius 3 is 2.33 bits per heavy atom. The highest BCUT2D eigenvalue weighted by Gasteiger charge is 2.14. The summed E-state index contributed by atoms with van der Waals surface area (Å²) in [5.74, 6) is 0.952. The second-order valence-electron chi connectivity index (χ2n) is 4.99. The standard InChI is InChI=1S/C13H28N2/c1-4-13(5-2)14-8-11-15-9-6-12(3)7-10-15/h12-14H,4-11H2,1-3H3. The monoisotopic (exact) mass is 212 g/mol. The van der Waals surface area contributed by atoms with E-state index in [9.17, 15) is 0 Å². The zero-order valence-electron chi connectivity index (χ0n) is 10.8. The third-order valence-electron chi connectivity index (χ3n) is 3.72. The molecular formula is C13H28N2. The molecule has 2 heteroatoms. The first-order chi connectivity index (χ1) is 7.26. The minimum Gasteiger partial charge on any atom is -0.313 e. The van der Waals surface area contributed by atoms with E-state index in [1.165, 1.54) is 51.9 Å². The normalized spacial score (nSPS) is 20.0. The molecule has 0 aromatic rings. The predicted molar refractivity (Wildman–Crippen MR) is 67.2 cm³/mol. The van der Waals surface area contributed by atoms with Gasteiger partial charge in [-0.1, -0.05) is 20.8 Å². The van der Waals surface area contributed by atoms with Crippen LogP contribution in [0, 0.1) is 5.92 Å². The van der Waals surface area contributed by atoms with Crippen LogP contribution < -0.4 is 5.32 Å². The zero-order valence-corrected chi connectivity index (χ0v) is 10.8. The van der Waals surface area contributed by atoms with E-state index in [2.05, 4.69) is 31.0 Å². The van der Waals surface area contributed by atoms with Crippen LogP contribution in [0.4, 0.5) is 0 Å². The van der Waals surface area contributed by atoms with Gasteiger partial charge in [-0.3, -0.25) is 0 Å². The molecule has 1 rings (SSSR count). The molecule has 0 bridgehead atoms. The molecule has 1 fully saturated rings. The number of nitrogens with one attached hydrogen (secondary N) is 1. The highest BCUT2D eigenvalue weighted by Crippen LogP contribution is 2.15. The number of hydrogen-bond acceptors (Lipinski definition) is 2. The first-order valence-corrected chi connectivity index (χ1v) is 6.72. The number of hydrogen-bond donors (Lipinski definition) is 1. The third kappa shape index (κ3) is 4.98. The molecule has 0 unspecified atom stereocenters. The van der Waals surface area contributed by atoms with Crippen molar-refractivity contribution in [1.29, 1.82) is 0 Å². The van der Waals surface area contributed by atoms with E-state index in [4.69, 9.17) is 0 Å². The van der Waals surface area contributed by atoms with E-state index in [0.29, 0.717) is 0 Å². The molecule has 1 aliphatic rings. The number of rotatable bonds is 6. The fourth-order valence-corrected chi connectivity index (χ4v) is 2.29. The van der Waals surface area contributed by atoms with Gasteiger partial charge in [0.25, 0.3) is 0 Å². The summed E-state index contributed by atoms with van der Waals surface area (Å²) in [5, 5.41) is 3.64. The van der Waals surface area contributed by atoms with Crippen molar-refractivity contribution in [1.82, 2.24) is 10.2 Å². The molecule has 15 heavy (non-hydrogen) atoms. The Balaban J connectivity index is 2.04. The molecule has 0 atom stereocenters. The topological polar surface area (TPSA) is 15.3 Å². The Labute approximate surface area is 95.4 Å². The van der Waals surface area contributed by atoms with Crippen molar-refractivity contribution in [2.24, 2.45) is 5.92 Å². The van der Waals surface area contributed by atoms with E-state index < -0.39 is 0 Å². The molecule has 0 aliphatic carbocycles. The molecule has 1 saturated heterocycles. The smallest absolute Gasteiger partial charge is 0.0107 e. The SMILES string of the molecule is CCC(CC)NCCN1CCC(C)CC1. The average Bonchev–Trinajstić information content (AvgIpc) is 2.27. The van der Waals surface area contributed by atoms with Gasteiger partial charge in [0.2, 0.25) is 0 Å². The molecule has 0 saturated carbocycles. The second kappa shape index (κ2) is 7.24. The average molecular weight is 212 g/mol. The van der Waals surface area contributed by atoms with Crippen molar-refractivity contribution < 1.29 is 0 Å². The van der Waals surface area contributed by atoms with E-state index in [0.717, 1.165) is 12.0 Å². The minimum atomic E-state index is 0.730. The number of nitrogens with zero attached hydrogens (tertiary/aromatic N) is 1. The Bertz CT molecular complexity index is 147. The lowest BCUT2D eigenvalue weighted by Gasteiger charge is -2.30. The highest BCUT2D eigenvalue weighted by molar-refractivity contribution is 4.71. The van der Waals surface area contributed by atoms with Gasteiger partial charge in [0.1, 0.15) is 0 Å². The third-order valence-corrected chi connectivity index (χ3v) is 3.72. The Hall–Kier alpha value is -0.0800. The fraction of sp³-hybridized carbons (Fsp3) is 1.00. The highest BCUT2D eigenvalue weighted by atomic mass is 15.1. The second-order valence-corrected chi connectivity index (χ2v) is 4.99. The maximum atomic E-state index is 3.64. The van der Waals surface area contributed by atoms with E-state index in [1.807, 2.05) is 0 Å². The van der Waals surface area contributed by atoms with Gasteiger partial charge in [-0.25, -0.2) is 0 Å². The summed E-state index contributed by atoms with van der Waals surface area (Å²) < 4.78 is 0. The quantitative estimate of drug-likeness (QED) is 0.728. The van der Waals surface area contributed by atoms with Gasteiger partial charge in [-0.05, 0) is 44.7 Å². The molecule has 1 N–H and O–H groups in total. The van der Waals surface area contributed by atoms with E-state index in [1.54, 1.807) is 0 Å². The van der Waals surface area contributed by atoms with E-state index >= 15 is 0 Å². The summed E-state index contributed by atoms with van der Waals surface area (Å²) in [4.78, 5) is 2.61. The Kier molecular flexibility index (Phi) is 6.26. The van der Waals surface area contributed by atoms with Gasteiger partial charge in [0.05, 0.1) is 0 Å². The molecule has 90 valence electrons. The molecule has 0 amide bonds. The van der Waals surface area contributed by atoms with Crippen LogP contribution in [0.25, 0.3) is 0 Å². The largest absolute Gasteiger partial charge is 0.313 e. The fourth-order valence-electron chi connectivity index (χ4n) is 2.29. The molecule has 0 aromatic carbocycles. The molecule has 1 heterocycles. The Morgan fingerprint density at radius 1 is 1.20 bits per heavy atom. The number of piperidine rings is 1. The summed E-state index contributed by atoms with van der Waals surface area (Å²) in [6, 6.07) is 0.730. The molecule has 2 nitrogen and oxygen atoms in total. The van der Waals surface area contributed by atoms with Crippen LogP contribution >= 0.6 is 0 Å². The van der Waals surface area contributed by atoms with Crippen molar-refractivity contribution in [3.05, 3.63) is 0 Å². The van der Waals surface area contributed by atoms with E-state index in [-0.39, 0.29) is 0 Å². The zero-order chi connectivity index (χ0) is 11.1. The maximum Gasteiger partial charge on any atom is 0.0107 e. The van der Waals surface area contributed by atoms with Crippen LogP contribution in [0.2, 0.25) is 0 Å². The van der Waals surface area contributed by atoms with Gasteiger partial charge in [-0.15, -0.1) is 0 Å². The molecule has 0 aromatic heterocycles. The summed E-state index contributed by atoms with van der Waals surface area (Å²) in [6.07, 6.45) is 5.30.